The zero-order chi connectivity index (χ0) is 53.9. The van der Waals surface area contributed by atoms with E-state index >= 15 is 0 Å². The second-order valence-electron chi connectivity index (χ2n) is 21.8. The molecular weight excluding hydrogens is 994 g/mol. The fourth-order valence-electron chi connectivity index (χ4n) is 14.0. The van der Waals surface area contributed by atoms with Gasteiger partial charge in [-0.3, -0.25) is 0 Å². The number of benzene rings is 12. The molecule has 1 aromatic heterocycles. The Kier molecular flexibility index (Phi) is 10.3. The van der Waals surface area contributed by atoms with Crippen LogP contribution in [0.5, 0.6) is 0 Å². The lowest BCUT2D eigenvalue weighted by Gasteiger charge is -2.44. The van der Waals surface area contributed by atoms with E-state index in [-0.39, 0.29) is 6.71 Å². The predicted octanol–water partition coefficient (Wildman–Crippen LogP) is 16.6. The molecule has 0 saturated heterocycles. The first kappa shape index (κ1) is 46.2. The third kappa shape index (κ3) is 6.85. The number of fused-ring (bicyclic) bond motifs is 14. The van der Waals surface area contributed by atoms with E-state index in [1.54, 1.807) is 0 Å². The van der Waals surface area contributed by atoms with Gasteiger partial charge >= 0.3 is 0 Å². The fourth-order valence-corrected chi connectivity index (χ4v) is 14.0. The summed E-state index contributed by atoms with van der Waals surface area (Å²) >= 11 is 0. The van der Waals surface area contributed by atoms with E-state index in [4.69, 9.17) is 15.0 Å². The fraction of sp³-hybridized carbons (Fsp3) is 0.0132. The Morgan fingerprint density at radius 1 is 0.256 bits per heavy atom. The van der Waals surface area contributed by atoms with Crippen LogP contribution in [0.3, 0.4) is 0 Å². The van der Waals surface area contributed by atoms with Gasteiger partial charge in [0.1, 0.15) is 0 Å². The molecule has 0 radical (unpaired) electrons. The Hall–Kier alpha value is -10.7. The van der Waals surface area contributed by atoms with E-state index < -0.39 is 5.41 Å². The highest BCUT2D eigenvalue weighted by atomic mass is 15.2. The van der Waals surface area contributed by atoms with Crippen molar-refractivity contribution in [2.75, 3.05) is 9.80 Å². The van der Waals surface area contributed by atoms with Crippen LogP contribution in [-0.4, -0.2) is 21.7 Å². The molecule has 1 unspecified atom stereocenters. The van der Waals surface area contributed by atoms with Crippen LogP contribution in [0.25, 0.3) is 78.7 Å². The minimum Gasteiger partial charge on any atom is -0.311 e. The van der Waals surface area contributed by atoms with Crippen molar-refractivity contribution in [3.8, 4) is 78.7 Å². The molecule has 12 aromatic carbocycles. The predicted molar refractivity (Wildman–Crippen MR) is 337 cm³/mol. The quantitative estimate of drug-likeness (QED) is 0.149. The zero-order valence-corrected chi connectivity index (χ0v) is 44.5. The number of rotatable bonds is 7. The molecule has 2 aliphatic carbocycles. The summed E-state index contributed by atoms with van der Waals surface area (Å²) in [4.78, 5) is 21.1. The summed E-state index contributed by atoms with van der Waals surface area (Å²) in [7, 11) is 0. The van der Waals surface area contributed by atoms with E-state index in [9.17, 15) is 0 Å². The molecule has 0 amide bonds. The number of hydrogen-bond acceptors (Lipinski definition) is 5. The van der Waals surface area contributed by atoms with E-state index in [0.717, 1.165) is 50.3 Å². The maximum atomic E-state index is 5.41. The third-order valence-corrected chi connectivity index (χ3v) is 17.5. The Labute approximate surface area is 476 Å². The molecule has 82 heavy (non-hydrogen) atoms. The minimum absolute atomic E-state index is 0.0302. The number of hydrogen-bond donors (Lipinski definition) is 0. The first-order valence-corrected chi connectivity index (χ1v) is 28.2. The van der Waals surface area contributed by atoms with Crippen LogP contribution in [-0.2, 0) is 5.41 Å². The lowest BCUT2D eigenvalue weighted by atomic mass is 9.33. The van der Waals surface area contributed by atoms with Gasteiger partial charge in [-0.25, -0.2) is 15.0 Å². The average molecular weight is 1040 g/mol. The van der Waals surface area contributed by atoms with Gasteiger partial charge in [0.2, 0.25) is 0 Å². The van der Waals surface area contributed by atoms with Gasteiger partial charge in [0.05, 0.1) is 5.41 Å². The number of aromatic nitrogens is 3. The molecule has 2 aliphatic heterocycles. The Morgan fingerprint density at radius 2 is 0.659 bits per heavy atom. The van der Waals surface area contributed by atoms with Gasteiger partial charge in [0.15, 0.2) is 17.5 Å². The van der Waals surface area contributed by atoms with Crippen LogP contribution < -0.4 is 26.2 Å². The molecule has 1 atom stereocenters. The number of anilines is 6. The normalized spacial score (nSPS) is 14.6. The first-order chi connectivity index (χ1) is 40.7. The van der Waals surface area contributed by atoms with E-state index in [0.29, 0.717) is 17.5 Å². The summed E-state index contributed by atoms with van der Waals surface area (Å²) in [5, 5.41) is 0. The van der Waals surface area contributed by atoms with Gasteiger partial charge in [-0.15, -0.1) is 0 Å². The maximum absolute atomic E-state index is 5.41. The summed E-state index contributed by atoms with van der Waals surface area (Å²) in [5.74, 6) is 1.86. The van der Waals surface area contributed by atoms with Gasteiger partial charge in [-0.05, 0) is 138 Å². The van der Waals surface area contributed by atoms with Crippen molar-refractivity contribution in [3.05, 3.63) is 313 Å². The topological polar surface area (TPSA) is 45.2 Å². The summed E-state index contributed by atoms with van der Waals surface area (Å²) < 4.78 is 0. The zero-order valence-electron chi connectivity index (χ0n) is 44.5. The molecule has 0 bridgehead atoms. The van der Waals surface area contributed by atoms with Crippen molar-refractivity contribution >= 4 is 57.2 Å². The summed E-state index contributed by atoms with van der Waals surface area (Å²) in [5.41, 5.74) is 27.5. The number of para-hydroxylation sites is 3. The van der Waals surface area contributed by atoms with E-state index in [2.05, 4.69) is 301 Å². The van der Waals surface area contributed by atoms with E-state index in [1.165, 1.54) is 83.6 Å². The molecule has 380 valence electrons. The van der Waals surface area contributed by atoms with Crippen molar-refractivity contribution < 1.29 is 0 Å². The highest BCUT2D eigenvalue weighted by Crippen LogP contribution is 2.64. The second-order valence-corrected chi connectivity index (χ2v) is 21.8. The van der Waals surface area contributed by atoms with Crippen LogP contribution >= 0.6 is 0 Å². The molecule has 3 heterocycles. The van der Waals surface area contributed by atoms with Gasteiger partial charge in [0.25, 0.3) is 6.71 Å². The summed E-state index contributed by atoms with van der Waals surface area (Å²) in [6, 6.07) is 106. The molecule has 4 aliphatic rings. The first-order valence-electron chi connectivity index (χ1n) is 28.2. The Morgan fingerprint density at radius 3 is 1.23 bits per heavy atom. The highest BCUT2D eigenvalue weighted by molar-refractivity contribution is 7.00. The smallest absolute Gasteiger partial charge is 0.252 e. The molecular formula is C76H48BN5. The third-order valence-electron chi connectivity index (χ3n) is 17.5. The maximum Gasteiger partial charge on any atom is 0.252 e. The minimum atomic E-state index is -0.679. The summed E-state index contributed by atoms with van der Waals surface area (Å²) in [6.07, 6.45) is 0. The van der Waals surface area contributed by atoms with Crippen molar-refractivity contribution in [2.24, 2.45) is 0 Å². The number of nitrogens with zero attached hydrogens (tertiary/aromatic N) is 5. The van der Waals surface area contributed by atoms with Gasteiger partial charge < -0.3 is 9.80 Å². The summed E-state index contributed by atoms with van der Waals surface area (Å²) in [6.45, 7) is -0.0302. The van der Waals surface area contributed by atoms with Crippen LogP contribution in [0.4, 0.5) is 34.1 Å². The molecule has 17 rings (SSSR count). The van der Waals surface area contributed by atoms with Crippen molar-refractivity contribution in [1.29, 1.82) is 0 Å². The molecule has 0 fully saturated rings. The SMILES string of the molecule is c1ccc(-c2ccc(-c3nc(-c4ccc(-c5ccccc5)cc4)nc(-c4ccc5c(c4)C4(c6ccccc6-5)c5ccccc5-c5cc6c(cc54)N(c4ccccc4)c4cccc5c4B6c4ccccc4N5c4ccccc4)n3)cc2)cc1. The second kappa shape index (κ2) is 18.2. The van der Waals surface area contributed by atoms with Crippen LogP contribution in [0.1, 0.15) is 22.3 Å². The monoisotopic (exact) mass is 1040 g/mol. The molecule has 5 nitrogen and oxygen atoms in total. The van der Waals surface area contributed by atoms with Gasteiger partial charge in [-0.2, -0.15) is 0 Å². The van der Waals surface area contributed by atoms with Crippen molar-refractivity contribution in [3.63, 3.8) is 0 Å². The van der Waals surface area contributed by atoms with Crippen molar-refractivity contribution in [1.82, 2.24) is 15.0 Å². The van der Waals surface area contributed by atoms with E-state index in [1.807, 2.05) is 0 Å². The van der Waals surface area contributed by atoms with Gasteiger partial charge in [0, 0.05) is 50.8 Å². The molecule has 13 aromatic rings. The molecule has 1 spiro atoms. The van der Waals surface area contributed by atoms with Crippen molar-refractivity contribution in [2.45, 2.75) is 5.41 Å². The molecule has 0 N–H and O–H groups in total. The Balaban J connectivity index is 0.884. The lowest BCUT2D eigenvalue weighted by Crippen LogP contribution is -2.61. The lowest BCUT2D eigenvalue weighted by molar-refractivity contribution is 0.794. The van der Waals surface area contributed by atoms with Gasteiger partial charge in [-0.1, -0.05) is 237 Å². The average Bonchev–Trinajstić information content (AvgIpc) is 1.63. The Bertz CT molecular complexity index is 4580. The van der Waals surface area contributed by atoms with Crippen LogP contribution in [0, 0.1) is 0 Å². The molecule has 0 saturated carbocycles. The molecule has 6 heteroatoms. The van der Waals surface area contributed by atoms with Crippen LogP contribution in [0.15, 0.2) is 291 Å². The standard InChI is InChI=1S/C76H48BN5/c1-5-20-49(21-6-1)51-36-40-53(41-37-51)73-78-74(54-42-38-52(39-43-54)50-22-7-2-8-23-50)80-75(79-73)55-44-45-60-58-28-13-15-30-62(58)76(64(60)46-55)63-31-16-14-29-59(63)61-47-67-71(48-65(61)76)82(57-26-11-4-12-27-57)70-35-19-34-69-72(70)77(67)66-32-17-18-33-68(66)81(69)56-24-9-3-10-25-56/h1-48H. The largest absolute Gasteiger partial charge is 0.311 e. The van der Waals surface area contributed by atoms with Crippen LogP contribution in [0.2, 0.25) is 0 Å². The highest BCUT2D eigenvalue weighted by Gasteiger charge is 2.53.